The number of fused-ring (bicyclic) bond motifs is 1. The molecule has 0 bridgehead atoms. The average Bonchev–Trinajstić information content (AvgIpc) is 3.20. The number of benzene rings is 1. The van der Waals surface area contributed by atoms with Crippen LogP contribution in [-0.4, -0.2) is 50.5 Å². The van der Waals surface area contributed by atoms with Gasteiger partial charge in [0.25, 0.3) is 0 Å². The first-order valence-corrected chi connectivity index (χ1v) is 11.6. The first-order valence-electron chi connectivity index (χ1n) is 10.2. The molecule has 1 N–H and O–H groups in total. The first kappa shape index (κ1) is 19.5. The van der Waals surface area contributed by atoms with Crippen molar-refractivity contribution >= 4 is 15.9 Å². The summed E-state index contributed by atoms with van der Waals surface area (Å²) in [5.74, 6) is 1.51. The van der Waals surface area contributed by atoms with Crippen LogP contribution in [0.4, 0.5) is 0 Å². The predicted molar refractivity (Wildman–Crippen MR) is 104 cm³/mol. The van der Waals surface area contributed by atoms with Crippen LogP contribution < -0.4 is 14.8 Å². The number of nitrogens with one attached hydrogen (secondary N) is 1. The molecule has 1 saturated carbocycles. The molecule has 2 heterocycles. The summed E-state index contributed by atoms with van der Waals surface area (Å²) in [5, 5.41) is 3.10. The van der Waals surface area contributed by atoms with Gasteiger partial charge in [-0.25, -0.2) is 8.42 Å². The van der Waals surface area contributed by atoms with Crippen LogP contribution in [0.1, 0.15) is 45.4 Å². The normalized spacial score (nSPS) is 28.1. The van der Waals surface area contributed by atoms with E-state index in [1.54, 1.807) is 6.07 Å². The standard InChI is InChI=1S/C20H28N2O5S/c1-14-4-6-15(7-5-14)21-20(23)17-3-2-10-22(17)28(24,25)16-8-9-18-19(13-16)27-12-11-26-18/h8-9,13-15,17H,2-7,10-12H2,1H3,(H,21,23). The molecule has 0 aromatic heterocycles. The minimum absolute atomic E-state index is 0.142. The van der Waals surface area contributed by atoms with E-state index in [4.69, 9.17) is 9.47 Å². The van der Waals surface area contributed by atoms with E-state index < -0.39 is 16.1 Å². The molecule has 7 nitrogen and oxygen atoms in total. The Bertz CT molecular complexity index is 833. The summed E-state index contributed by atoms with van der Waals surface area (Å²) in [4.78, 5) is 13.0. The first-order chi connectivity index (χ1) is 13.4. The maximum Gasteiger partial charge on any atom is 0.243 e. The lowest BCUT2D eigenvalue weighted by atomic mass is 9.87. The molecule has 3 aliphatic rings. The zero-order valence-corrected chi connectivity index (χ0v) is 17.0. The molecule has 1 aliphatic carbocycles. The number of carbonyl (C=O) groups excluding carboxylic acids is 1. The number of sulfonamides is 1. The Morgan fingerprint density at radius 3 is 2.54 bits per heavy atom. The van der Waals surface area contributed by atoms with Crippen molar-refractivity contribution in [3.05, 3.63) is 18.2 Å². The topological polar surface area (TPSA) is 84.9 Å². The van der Waals surface area contributed by atoms with Crippen LogP contribution in [0.5, 0.6) is 11.5 Å². The van der Waals surface area contributed by atoms with E-state index in [9.17, 15) is 13.2 Å². The Labute approximate surface area is 166 Å². The molecule has 28 heavy (non-hydrogen) atoms. The number of amides is 1. The molecule has 1 aromatic rings. The Balaban J connectivity index is 1.49. The average molecular weight is 409 g/mol. The lowest BCUT2D eigenvalue weighted by molar-refractivity contribution is -0.125. The van der Waals surface area contributed by atoms with E-state index in [0.717, 1.165) is 25.7 Å². The van der Waals surface area contributed by atoms with Gasteiger partial charge in [0.05, 0.1) is 4.90 Å². The highest BCUT2D eigenvalue weighted by molar-refractivity contribution is 7.89. The van der Waals surface area contributed by atoms with Gasteiger partial charge in [0, 0.05) is 18.7 Å². The molecular weight excluding hydrogens is 380 g/mol. The maximum absolute atomic E-state index is 13.2. The molecule has 1 atom stereocenters. The quantitative estimate of drug-likeness (QED) is 0.826. The third-order valence-electron chi connectivity index (χ3n) is 5.99. The molecule has 0 spiro atoms. The molecule has 1 amide bonds. The summed E-state index contributed by atoms with van der Waals surface area (Å²) in [6, 6.07) is 4.16. The largest absolute Gasteiger partial charge is 0.486 e. The van der Waals surface area contributed by atoms with Crippen LogP contribution in [-0.2, 0) is 14.8 Å². The van der Waals surface area contributed by atoms with E-state index in [1.165, 1.54) is 16.4 Å². The van der Waals surface area contributed by atoms with Crippen LogP contribution in [0.15, 0.2) is 23.1 Å². The molecule has 2 fully saturated rings. The van der Waals surface area contributed by atoms with E-state index in [-0.39, 0.29) is 16.8 Å². The van der Waals surface area contributed by atoms with Crippen LogP contribution in [0, 0.1) is 5.92 Å². The third kappa shape index (κ3) is 3.85. The third-order valence-corrected chi connectivity index (χ3v) is 7.89. The van der Waals surface area contributed by atoms with Gasteiger partial charge in [-0.15, -0.1) is 0 Å². The number of hydrogen-bond acceptors (Lipinski definition) is 5. The van der Waals surface area contributed by atoms with Gasteiger partial charge < -0.3 is 14.8 Å². The fourth-order valence-corrected chi connectivity index (χ4v) is 5.98. The molecule has 154 valence electrons. The van der Waals surface area contributed by atoms with E-state index in [1.807, 2.05) is 0 Å². The lowest BCUT2D eigenvalue weighted by Gasteiger charge is -2.30. The van der Waals surface area contributed by atoms with Crippen molar-refractivity contribution < 1.29 is 22.7 Å². The molecule has 4 rings (SSSR count). The highest BCUT2D eigenvalue weighted by Gasteiger charge is 2.40. The number of ether oxygens (including phenoxy) is 2. The van der Waals surface area contributed by atoms with E-state index in [2.05, 4.69) is 12.2 Å². The van der Waals surface area contributed by atoms with Crippen molar-refractivity contribution in [2.24, 2.45) is 5.92 Å². The second-order valence-corrected chi connectivity index (χ2v) is 9.94. The van der Waals surface area contributed by atoms with Gasteiger partial charge >= 0.3 is 0 Å². The van der Waals surface area contributed by atoms with Gasteiger partial charge in [-0.05, 0) is 56.6 Å². The summed E-state index contributed by atoms with van der Waals surface area (Å²) in [6.45, 7) is 3.44. The number of nitrogens with zero attached hydrogens (tertiary/aromatic N) is 1. The zero-order chi connectivity index (χ0) is 19.7. The SMILES string of the molecule is CC1CCC(NC(=O)C2CCCN2S(=O)(=O)c2ccc3c(c2)OCCO3)CC1. The minimum Gasteiger partial charge on any atom is -0.486 e. The Morgan fingerprint density at radius 1 is 1.07 bits per heavy atom. The summed E-state index contributed by atoms with van der Waals surface area (Å²) >= 11 is 0. The van der Waals surface area contributed by atoms with Crippen molar-refractivity contribution in [3.8, 4) is 11.5 Å². The molecule has 1 saturated heterocycles. The smallest absolute Gasteiger partial charge is 0.243 e. The number of carbonyl (C=O) groups is 1. The van der Waals surface area contributed by atoms with Crippen molar-refractivity contribution in [3.63, 3.8) is 0 Å². The second-order valence-electron chi connectivity index (χ2n) is 8.04. The van der Waals surface area contributed by atoms with Crippen molar-refractivity contribution in [1.29, 1.82) is 0 Å². The Morgan fingerprint density at radius 2 is 1.79 bits per heavy atom. The van der Waals surface area contributed by atoms with E-state index >= 15 is 0 Å². The van der Waals surface area contributed by atoms with Gasteiger partial charge in [-0.2, -0.15) is 4.31 Å². The number of rotatable bonds is 4. The zero-order valence-electron chi connectivity index (χ0n) is 16.2. The van der Waals surface area contributed by atoms with Crippen LogP contribution in [0.2, 0.25) is 0 Å². The molecule has 2 aliphatic heterocycles. The summed E-state index contributed by atoms with van der Waals surface area (Å²) in [7, 11) is -3.78. The number of hydrogen-bond donors (Lipinski definition) is 1. The van der Waals surface area contributed by atoms with Crippen molar-refractivity contribution in [2.75, 3.05) is 19.8 Å². The van der Waals surface area contributed by atoms with Gasteiger partial charge in [-0.3, -0.25) is 4.79 Å². The van der Waals surface area contributed by atoms with E-state index in [0.29, 0.717) is 50.0 Å². The maximum atomic E-state index is 13.2. The minimum atomic E-state index is -3.78. The molecule has 1 aromatic carbocycles. The summed E-state index contributed by atoms with van der Waals surface area (Å²) in [6.07, 6.45) is 5.38. The Hall–Kier alpha value is -1.80. The van der Waals surface area contributed by atoms with Crippen molar-refractivity contribution in [1.82, 2.24) is 9.62 Å². The lowest BCUT2D eigenvalue weighted by Crippen LogP contribution is -2.49. The molecule has 1 unspecified atom stereocenters. The molecular formula is C20H28N2O5S. The molecule has 8 heteroatoms. The van der Waals surface area contributed by atoms with Crippen LogP contribution in [0.3, 0.4) is 0 Å². The van der Waals surface area contributed by atoms with Crippen LogP contribution in [0.25, 0.3) is 0 Å². The summed E-state index contributed by atoms with van der Waals surface area (Å²) < 4.78 is 38.8. The fourth-order valence-electron chi connectivity index (χ4n) is 4.31. The van der Waals surface area contributed by atoms with Gasteiger partial charge in [0.15, 0.2) is 11.5 Å². The monoisotopic (exact) mass is 408 g/mol. The summed E-state index contributed by atoms with van der Waals surface area (Å²) in [5.41, 5.74) is 0. The molecule has 0 radical (unpaired) electrons. The second kappa shape index (κ2) is 7.91. The highest BCUT2D eigenvalue weighted by atomic mass is 32.2. The fraction of sp³-hybridized carbons (Fsp3) is 0.650. The van der Waals surface area contributed by atoms with Gasteiger partial charge in [0.1, 0.15) is 19.3 Å². The predicted octanol–water partition coefficient (Wildman–Crippen LogP) is 2.31. The van der Waals surface area contributed by atoms with Crippen LogP contribution >= 0.6 is 0 Å². The highest BCUT2D eigenvalue weighted by Crippen LogP contribution is 2.35. The Kier molecular flexibility index (Phi) is 5.51. The van der Waals surface area contributed by atoms with Gasteiger partial charge in [-0.1, -0.05) is 6.92 Å². The van der Waals surface area contributed by atoms with Crippen molar-refractivity contribution in [2.45, 2.75) is 62.4 Å². The van der Waals surface area contributed by atoms with Gasteiger partial charge in [0.2, 0.25) is 15.9 Å².